The second-order valence-electron chi connectivity index (χ2n) is 4.44. The summed E-state index contributed by atoms with van der Waals surface area (Å²) in [4.78, 5) is 22.6. The summed E-state index contributed by atoms with van der Waals surface area (Å²) in [5.74, 6) is 1.17. The molecule has 0 amide bonds. The maximum absolute atomic E-state index is 11.6. The van der Waals surface area contributed by atoms with Gasteiger partial charge in [0, 0.05) is 21.5 Å². The Morgan fingerprint density at radius 3 is 2.90 bits per heavy atom. The van der Waals surface area contributed by atoms with E-state index in [1.807, 2.05) is 6.07 Å². The molecule has 106 valence electrons. The minimum absolute atomic E-state index is 0.255. The number of nitrogen functional groups attached to an aromatic ring is 1. The van der Waals surface area contributed by atoms with Gasteiger partial charge in [-0.3, -0.25) is 4.79 Å². The van der Waals surface area contributed by atoms with Crippen LogP contribution in [0.25, 0.3) is 11.2 Å². The van der Waals surface area contributed by atoms with Gasteiger partial charge in [-0.2, -0.15) is 0 Å². The van der Waals surface area contributed by atoms with Crippen molar-refractivity contribution >= 4 is 39.4 Å². The number of anilines is 1. The maximum atomic E-state index is 11.6. The second kappa shape index (κ2) is 5.32. The highest BCUT2D eigenvalue weighted by Gasteiger charge is 2.09. The zero-order chi connectivity index (χ0) is 15.0. The Morgan fingerprint density at radius 1 is 1.33 bits per heavy atom. The third kappa shape index (κ3) is 2.68. The SMILES string of the molecule is Cc1nc2c(Oc3ccc(N)c(I)c3)ccnc2[nH]c1=O. The van der Waals surface area contributed by atoms with Crippen LogP contribution in [0.5, 0.6) is 11.5 Å². The van der Waals surface area contributed by atoms with Crippen LogP contribution in [-0.4, -0.2) is 15.0 Å². The number of hydrogen-bond acceptors (Lipinski definition) is 5. The number of aromatic nitrogens is 3. The van der Waals surface area contributed by atoms with Crippen molar-refractivity contribution < 1.29 is 4.74 Å². The zero-order valence-corrected chi connectivity index (χ0v) is 13.2. The quantitative estimate of drug-likeness (QED) is 0.515. The van der Waals surface area contributed by atoms with E-state index in [0.717, 1.165) is 3.57 Å². The number of nitrogens with two attached hydrogens (primary N) is 1. The average molecular weight is 394 g/mol. The van der Waals surface area contributed by atoms with Crippen molar-refractivity contribution in [2.45, 2.75) is 6.92 Å². The molecule has 21 heavy (non-hydrogen) atoms. The summed E-state index contributed by atoms with van der Waals surface area (Å²) in [6.45, 7) is 1.64. The van der Waals surface area contributed by atoms with E-state index in [1.165, 1.54) is 0 Å². The molecule has 3 N–H and O–H groups in total. The summed E-state index contributed by atoms with van der Waals surface area (Å²) in [5, 5.41) is 0. The molecule has 0 aliphatic rings. The Morgan fingerprint density at radius 2 is 2.14 bits per heavy atom. The largest absolute Gasteiger partial charge is 0.455 e. The molecule has 0 saturated heterocycles. The van der Waals surface area contributed by atoms with E-state index in [0.29, 0.717) is 34.0 Å². The Labute approximate surface area is 133 Å². The van der Waals surface area contributed by atoms with Gasteiger partial charge in [-0.15, -0.1) is 0 Å². The number of halogens is 1. The predicted octanol–water partition coefficient (Wildman–Crippen LogP) is 2.61. The Bertz CT molecular complexity index is 892. The van der Waals surface area contributed by atoms with Crippen molar-refractivity contribution in [2.75, 3.05) is 5.73 Å². The molecule has 3 aromatic rings. The van der Waals surface area contributed by atoms with Crippen molar-refractivity contribution in [3.63, 3.8) is 0 Å². The van der Waals surface area contributed by atoms with Gasteiger partial charge in [-0.1, -0.05) is 0 Å². The lowest BCUT2D eigenvalue weighted by Crippen LogP contribution is -2.12. The van der Waals surface area contributed by atoms with Crippen LogP contribution < -0.4 is 16.0 Å². The normalized spacial score (nSPS) is 10.8. The van der Waals surface area contributed by atoms with Crippen molar-refractivity contribution in [1.82, 2.24) is 15.0 Å². The van der Waals surface area contributed by atoms with E-state index >= 15 is 0 Å². The number of rotatable bonds is 2. The summed E-state index contributed by atoms with van der Waals surface area (Å²) in [6.07, 6.45) is 1.56. The van der Waals surface area contributed by atoms with Gasteiger partial charge < -0.3 is 15.5 Å². The molecule has 0 spiro atoms. The number of H-pyrrole nitrogens is 1. The number of nitrogens with one attached hydrogen (secondary N) is 1. The molecule has 7 heteroatoms. The van der Waals surface area contributed by atoms with Gasteiger partial charge in [-0.25, -0.2) is 9.97 Å². The minimum atomic E-state index is -0.255. The highest BCUT2D eigenvalue weighted by atomic mass is 127. The minimum Gasteiger partial charge on any atom is -0.455 e. The first-order valence-corrected chi connectivity index (χ1v) is 7.21. The summed E-state index contributed by atoms with van der Waals surface area (Å²) >= 11 is 2.14. The summed E-state index contributed by atoms with van der Waals surface area (Å²) in [6, 6.07) is 7.10. The smallest absolute Gasteiger partial charge is 0.270 e. The maximum Gasteiger partial charge on any atom is 0.270 e. The summed E-state index contributed by atoms with van der Waals surface area (Å²) < 4.78 is 6.74. The molecule has 0 fully saturated rings. The molecular formula is C14H11IN4O2. The lowest BCUT2D eigenvalue weighted by Gasteiger charge is -2.09. The number of fused-ring (bicyclic) bond motifs is 1. The van der Waals surface area contributed by atoms with Crippen LogP contribution in [0.3, 0.4) is 0 Å². The fourth-order valence-corrected chi connectivity index (χ4v) is 2.32. The fourth-order valence-electron chi connectivity index (χ4n) is 1.83. The third-order valence-corrected chi connectivity index (χ3v) is 3.86. The van der Waals surface area contributed by atoms with Gasteiger partial charge >= 0.3 is 0 Å². The van der Waals surface area contributed by atoms with Gasteiger partial charge in [0.1, 0.15) is 17.0 Å². The summed E-state index contributed by atoms with van der Waals surface area (Å²) in [5.41, 5.74) is 7.50. The van der Waals surface area contributed by atoms with Crippen LogP contribution in [0.4, 0.5) is 5.69 Å². The van der Waals surface area contributed by atoms with E-state index in [1.54, 1.807) is 31.3 Å². The van der Waals surface area contributed by atoms with Gasteiger partial charge in [0.05, 0.1) is 0 Å². The molecule has 2 heterocycles. The van der Waals surface area contributed by atoms with Crippen molar-refractivity contribution in [3.05, 3.63) is 50.1 Å². The molecule has 2 aromatic heterocycles. The lowest BCUT2D eigenvalue weighted by molar-refractivity contribution is 0.486. The molecule has 0 aliphatic carbocycles. The van der Waals surface area contributed by atoms with Crippen LogP contribution in [0.2, 0.25) is 0 Å². The Balaban J connectivity index is 2.10. The summed E-state index contributed by atoms with van der Waals surface area (Å²) in [7, 11) is 0. The molecule has 0 aliphatic heterocycles. The van der Waals surface area contributed by atoms with E-state index in [4.69, 9.17) is 10.5 Å². The van der Waals surface area contributed by atoms with E-state index < -0.39 is 0 Å². The number of benzene rings is 1. The van der Waals surface area contributed by atoms with E-state index in [2.05, 4.69) is 37.5 Å². The molecular weight excluding hydrogens is 383 g/mol. The van der Waals surface area contributed by atoms with Crippen molar-refractivity contribution in [2.24, 2.45) is 0 Å². The first-order chi connectivity index (χ1) is 10.0. The van der Waals surface area contributed by atoms with E-state index in [-0.39, 0.29) is 5.56 Å². The Hall–Kier alpha value is -2.16. The lowest BCUT2D eigenvalue weighted by atomic mass is 10.3. The second-order valence-corrected chi connectivity index (χ2v) is 5.61. The van der Waals surface area contributed by atoms with Gasteiger partial charge in [0.15, 0.2) is 11.4 Å². The van der Waals surface area contributed by atoms with Gasteiger partial charge in [0.2, 0.25) is 0 Å². The van der Waals surface area contributed by atoms with Crippen LogP contribution in [0, 0.1) is 10.5 Å². The molecule has 3 rings (SSSR count). The van der Waals surface area contributed by atoms with Gasteiger partial charge in [-0.05, 0) is 47.7 Å². The number of ether oxygens (including phenoxy) is 1. The standard InChI is InChI=1S/C14H11IN4O2/c1-7-14(20)19-13-12(18-7)11(4-5-17-13)21-8-2-3-10(16)9(15)6-8/h2-6H,16H2,1H3,(H,17,19,20). The molecule has 0 bridgehead atoms. The Kier molecular flexibility index (Phi) is 3.50. The molecule has 0 saturated carbocycles. The van der Waals surface area contributed by atoms with Crippen LogP contribution >= 0.6 is 22.6 Å². The first kappa shape index (κ1) is 13.8. The zero-order valence-electron chi connectivity index (χ0n) is 11.1. The third-order valence-electron chi connectivity index (χ3n) is 2.93. The van der Waals surface area contributed by atoms with Crippen LogP contribution in [-0.2, 0) is 0 Å². The first-order valence-electron chi connectivity index (χ1n) is 6.13. The van der Waals surface area contributed by atoms with Gasteiger partial charge in [0.25, 0.3) is 5.56 Å². The number of aryl methyl sites for hydroxylation is 1. The van der Waals surface area contributed by atoms with Crippen molar-refractivity contribution in [1.29, 1.82) is 0 Å². The molecule has 0 atom stereocenters. The highest BCUT2D eigenvalue weighted by Crippen LogP contribution is 2.28. The fraction of sp³-hybridized carbons (Fsp3) is 0.0714. The number of pyridine rings is 1. The molecule has 0 radical (unpaired) electrons. The average Bonchev–Trinajstić information content (AvgIpc) is 2.45. The van der Waals surface area contributed by atoms with Crippen LogP contribution in [0.15, 0.2) is 35.3 Å². The predicted molar refractivity (Wildman–Crippen MR) is 88.5 cm³/mol. The topological polar surface area (TPSA) is 93.9 Å². The van der Waals surface area contributed by atoms with Crippen LogP contribution in [0.1, 0.15) is 5.69 Å². The monoisotopic (exact) mass is 394 g/mol. The molecule has 6 nitrogen and oxygen atoms in total. The number of nitrogens with zero attached hydrogens (tertiary/aromatic N) is 2. The molecule has 0 unspecified atom stereocenters. The molecule has 1 aromatic carbocycles. The highest BCUT2D eigenvalue weighted by molar-refractivity contribution is 14.1. The van der Waals surface area contributed by atoms with E-state index in [9.17, 15) is 4.79 Å². The van der Waals surface area contributed by atoms with Crippen molar-refractivity contribution in [3.8, 4) is 11.5 Å². The number of hydrogen-bond donors (Lipinski definition) is 2. The number of aromatic amines is 1.